The Kier molecular flexibility index (Phi) is 3.52. The molecule has 0 bridgehead atoms. The van der Waals surface area contributed by atoms with Gasteiger partial charge in [-0.2, -0.15) is 15.0 Å². The molecule has 5 nitrogen and oxygen atoms in total. The summed E-state index contributed by atoms with van der Waals surface area (Å²) in [5.74, 6) is -1.56. The summed E-state index contributed by atoms with van der Waals surface area (Å²) in [6.07, 6.45) is 0. The molecule has 0 fully saturated rings. The third kappa shape index (κ3) is 2.80. The average molecular weight is 273 g/mol. The van der Waals surface area contributed by atoms with Crippen molar-refractivity contribution in [2.24, 2.45) is 0 Å². The molecule has 0 aliphatic rings. The van der Waals surface area contributed by atoms with E-state index in [0.717, 1.165) is 18.2 Å². The quantitative estimate of drug-likeness (QED) is 0.931. The predicted octanol–water partition coefficient (Wildman–Crippen LogP) is 2.64. The number of hydrogen-bond donors (Lipinski definition) is 1. The fraction of sp³-hybridized carbons (Fsp3) is 0.100. The Morgan fingerprint density at radius 1 is 1.22 bits per heavy atom. The van der Waals surface area contributed by atoms with Gasteiger partial charge in [-0.3, -0.25) is 0 Å². The van der Waals surface area contributed by atoms with E-state index in [0.29, 0.717) is 0 Å². The maximum atomic E-state index is 13.3. The summed E-state index contributed by atoms with van der Waals surface area (Å²) in [5.41, 5.74) is 0. The predicted molar refractivity (Wildman–Crippen MR) is 60.8 cm³/mol. The molecule has 1 aromatic heterocycles. The Balaban J connectivity index is 2.33. The van der Waals surface area contributed by atoms with Crippen LogP contribution in [0.1, 0.15) is 0 Å². The summed E-state index contributed by atoms with van der Waals surface area (Å²) >= 11 is 5.62. The molecule has 0 aliphatic heterocycles. The molecule has 0 spiro atoms. The standard InChI is InChI=1S/C10H7ClF2N4O/c1-14-9-15-8(11)16-10(17-9)18-7-4-5(12)2-3-6(7)13/h2-4H,1H3,(H,14,15,16,17). The third-order valence-electron chi connectivity index (χ3n) is 1.91. The van der Waals surface area contributed by atoms with Crippen LogP contribution in [0.25, 0.3) is 0 Å². The van der Waals surface area contributed by atoms with Crippen molar-refractivity contribution >= 4 is 17.5 Å². The van der Waals surface area contributed by atoms with Gasteiger partial charge in [-0.25, -0.2) is 8.78 Å². The van der Waals surface area contributed by atoms with Crippen molar-refractivity contribution in [3.63, 3.8) is 0 Å². The van der Waals surface area contributed by atoms with E-state index in [1.54, 1.807) is 7.05 Å². The molecule has 0 amide bonds. The number of rotatable bonds is 3. The second-order valence-electron chi connectivity index (χ2n) is 3.14. The highest BCUT2D eigenvalue weighted by molar-refractivity contribution is 6.28. The summed E-state index contributed by atoms with van der Waals surface area (Å²) in [7, 11) is 1.57. The summed E-state index contributed by atoms with van der Waals surface area (Å²) in [4.78, 5) is 11.1. The normalized spacial score (nSPS) is 10.2. The maximum absolute atomic E-state index is 13.3. The van der Waals surface area contributed by atoms with Gasteiger partial charge in [-0.1, -0.05) is 0 Å². The second-order valence-corrected chi connectivity index (χ2v) is 3.48. The van der Waals surface area contributed by atoms with Crippen LogP contribution in [0, 0.1) is 11.6 Å². The molecule has 1 aromatic carbocycles. The van der Waals surface area contributed by atoms with Gasteiger partial charge in [-0.05, 0) is 23.7 Å². The van der Waals surface area contributed by atoms with Crippen molar-refractivity contribution in [3.8, 4) is 11.8 Å². The van der Waals surface area contributed by atoms with Crippen molar-refractivity contribution < 1.29 is 13.5 Å². The smallest absolute Gasteiger partial charge is 0.328 e. The lowest BCUT2D eigenvalue weighted by Crippen LogP contribution is -2.01. The fourth-order valence-electron chi connectivity index (χ4n) is 1.14. The van der Waals surface area contributed by atoms with Crippen molar-refractivity contribution in [1.29, 1.82) is 0 Å². The van der Waals surface area contributed by atoms with E-state index in [4.69, 9.17) is 16.3 Å². The van der Waals surface area contributed by atoms with Crippen LogP contribution in [-0.2, 0) is 0 Å². The lowest BCUT2D eigenvalue weighted by atomic mass is 10.3. The summed E-state index contributed by atoms with van der Waals surface area (Å²) in [6, 6.07) is 2.56. The number of halogens is 3. The van der Waals surface area contributed by atoms with Crippen molar-refractivity contribution in [1.82, 2.24) is 15.0 Å². The Morgan fingerprint density at radius 3 is 2.72 bits per heavy atom. The first-order chi connectivity index (χ1) is 8.58. The van der Waals surface area contributed by atoms with Crippen molar-refractivity contribution in [3.05, 3.63) is 35.1 Å². The van der Waals surface area contributed by atoms with E-state index in [9.17, 15) is 8.78 Å². The van der Waals surface area contributed by atoms with Gasteiger partial charge in [-0.15, -0.1) is 0 Å². The van der Waals surface area contributed by atoms with Gasteiger partial charge in [0, 0.05) is 13.1 Å². The SMILES string of the molecule is CNc1nc(Cl)nc(Oc2cc(F)ccc2F)n1. The van der Waals surface area contributed by atoms with Gasteiger partial charge >= 0.3 is 6.01 Å². The molecule has 1 N–H and O–H groups in total. The number of nitrogens with one attached hydrogen (secondary N) is 1. The van der Waals surface area contributed by atoms with Crippen LogP contribution in [0.5, 0.6) is 11.8 Å². The molecule has 94 valence electrons. The number of ether oxygens (including phenoxy) is 1. The monoisotopic (exact) mass is 272 g/mol. The van der Waals surface area contributed by atoms with E-state index < -0.39 is 11.6 Å². The van der Waals surface area contributed by atoms with Crippen LogP contribution in [-0.4, -0.2) is 22.0 Å². The highest BCUT2D eigenvalue weighted by Gasteiger charge is 2.10. The van der Waals surface area contributed by atoms with Gasteiger partial charge in [0.2, 0.25) is 11.2 Å². The Labute approximate surface area is 106 Å². The Hall–Kier alpha value is -2.02. The number of aromatic nitrogens is 3. The molecular weight excluding hydrogens is 266 g/mol. The molecule has 0 saturated heterocycles. The fourth-order valence-corrected chi connectivity index (χ4v) is 1.30. The minimum Gasteiger partial charge on any atom is -0.421 e. The van der Waals surface area contributed by atoms with Crippen LogP contribution >= 0.6 is 11.6 Å². The molecule has 8 heteroatoms. The Bertz CT molecular complexity index is 582. The maximum Gasteiger partial charge on any atom is 0.328 e. The molecule has 2 rings (SSSR count). The lowest BCUT2D eigenvalue weighted by molar-refractivity contribution is 0.406. The van der Waals surface area contributed by atoms with E-state index in [1.165, 1.54) is 0 Å². The van der Waals surface area contributed by atoms with Crippen LogP contribution in [0.15, 0.2) is 18.2 Å². The van der Waals surface area contributed by atoms with Gasteiger partial charge in [0.15, 0.2) is 11.6 Å². The number of nitrogens with zero attached hydrogens (tertiary/aromatic N) is 3. The number of benzene rings is 1. The van der Waals surface area contributed by atoms with E-state index in [-0.39, 0.29) is 23.0 Å². The van der Waals surface area contributed by atoms with Gasteiger partial charge in [0.25, 0.3) is 0 Å². The molecule has 0 unspecified atom stereocenters. The van der Waals surface area contributed by atoms with Crippen molar-refractivity contribution in [2.75, 3.05) is 12.4 Å². The van der Waals surface area contributed by atoms with Crippen LogP contribution in [0.4, 0.5) is 14.7 Å². The first-order valence-electron chi connectivity index (χ1n) is 4.80. The largest absolute Gasteiger partial charge is 0.421 e. The van der Waals surface area contributed by atoms with E-state index >= 15 is 0 Å². The van der Waals surface area contributed by atoms with Crippen LogP contribution < -0.4 is 10.1 Å². The van der Waals surface area contributed by atoms with E-state index in [2.05, 4.69) is 20.3 Å². The second kappa shape index (κ2) is 5.09. The molecule has 0 atom stereocenters. The van der Waals surface area contributed by atoms with E-state index in [1.807, 2.05) is 0 Å². The minimum absolute atomic E-state index is 0.124. The highest BCUT2D eigenvalue weighted by atomic mass is 35.5. The zero-order valence-electron chi connectivity index (χ0n) is 9.12. The summed E-state index contributed by atoms with van der Waals surface area (Å²) in [6.45, 7) is 0. The van der Waals surface area contributed by atoms with Crippen LogP contribution in [0.3, 0.4) is 0 Å². The van der Waals surface area contributed by atoms with Crippen LogP contribution in [0.2, 0.25) is 5.28 Å². The first kappa shape index (κ1) is 12.4. The molecule has 18 heavy (non-hydrogen) atoms. The van der Waals surface area contributed by atoms with Gasteiger partial charge in [0.1, 0.15) is 5.82 Å². The minimum atomic E-state index is -0.737. The van der Waals surface area contributed by atoms with Gasteiger partial charge in [0.05, 0.1) is 0 Å². The summed E-state index contributed by atoms with van der Waals surface area (Å²) < 4.78 is 31.3. The third-order valence-corrected chi connectivity index (χ3v) is 2.07. The molecule has 2 aromatic rings. The first-order valence-corrected chi connectivity index (χ1v) is 5.18. The zero-order valence-corrected chi connectivity index (χ0v) is 9.87. The number of hydrogen-bond acceptors (Lipinski definition) is 5. The molecule has 0 aliphatic carbocycles. The Morgan fingerprint density at radius 2 is 2.00 bits per heavy atom. The topological polar surface area (TPSA) is 59.9 Å². The zero-order chi connectivity index (χ0) is 13.1. The highest BCUT2D eigenvalue weighted by Crippen LogP contribution is 2.23. The van der Waals surface area contributed by atoms with Crippen molar-refractivity contribution in [2.45, 2.75) is 0 Å². The average Bonchev–Trinajstić information content (AvgIpc) is 2.33. The molecule has 0 radical (unpaired) electrons. The lowest BCUT2D eigenvalue weighted by Gasteiger charge is -2.06. The molecule has 1 heterocycles. The van der Waals surface area contributed by atoms with Gasteiger partial charge < -0.3 is 10.1 Å². The molecular formula is C10H7ClF2N4O. The molecule has 0 saturated carbocycles. The summed E-state index contributed by atoms with van der Waals surface area (Å²) in [5, 5.41) is 2.50. The number of anilines is 1.